The van der Waals surface area contributed by atoms with Gasteiger partial charge in [0.15, 0.2) is 0 Å². The first kappa shape index (κ1) is 22.6. The Morgan fingerprint density at radius 3 is 2.30 bits per heavy atom. The molecule has 0 spiro atoms. The fourth-order valence-electron chi connectivity index (χ4n) is 2.71. The Morgan fingerprint density at radius 2 is 1.78 bits per heavy atom. The van der Waals surface area contributed by atoms with Crippen molar-refractivity contribution in [3.63, 3.8) is 0 Å². The van der Waals surface area contributed by atoms with Crippen molar-refractivity contribution in [1.82, 2.24) is 15.1 Å². The molecule has 2 heterocycles. The van der Waals surface area contributed by atoms with Crippen LogP contribution in [0.15, 0.2) is 0 Å². The molecule has 2 rings (SSSR count). The van der Waals surface area contributed by atoms with Crippen LogP contribution >= 0.6 is 24.8 Å². The molecule has 1 amide bonds. The molecule has 2 aliphatic heterocycles. The van der Waals surface area contributed by atoms with Crippen molar-refractivity contribution in [1.29, 1.82) is 0 Å². The standard InChI is InChI=1S/C12H18F5N3O.2ClH/c13-11(14)6-9(18-7-11)10(21)20-3-1-2-19(4-5-20)8-12(15,16)17;;/h9,18H,1-8H2;2*1H. The molecule has 1 N–H and O–H groups in total. The van der Waals surface area contributed by atoms with E-state index in [1.54, 1.807) is 0 Å². The third-order valence-electron chi connectivity index (χ3n) is 3.71. The third kappa shape index (κ3) is 6.94. The highest BCUT2D eigenvalue weighted by molar-refractivity contribution is 5.85. The lowest BCUT2D eigenvalue weighted by Gasteiger charge is -2.24. The number of hydrogen-bond donors (Lipinski definition) is 1. The molecule has 0 radical (unpaired) electrons. The van der Waals surface area contributed by atoms with Gasteiger partial charge in [-0.3, -0.25) is 15.0 Å². The fourth-order valence-corrected chi connectivity index (χ4v) is 2.71. The Morgan fingerprint density at radius 1 is 1.13 bits per heavy atom. The van der Waals surface area contributed by atoms with Gasteiger partial charge >= 0.3 is 6.18 Å². The average Bonchev–Trinajstić information content (AvgIpc) is 2.56. The van der Waals surface area contributed by atoms with E-state index in [9.17, 15) is 26.7 Å². The summed E-state index contributed by atoms with van der Waals surface area (Å²) in [4.78, 5) is 14.7. The van der Waals surface area contributed by atoms with E-state index in [2.05, 4.69) is 5.32 Å². The van der Waals surface area contributed by atoms with Crippen molar-refractivity contribution >= 4 is 30.7 Å². The SMILES string of the molecule is Cl.Cl.O=C(C1CC(F)(F)CN1)N1CCCN(CC(F)(F)F)CC1. The molecule has 1 unspecified atom stereocenters. The molecule has 2 saturated heterocycles. The van der Waals surface area contributed by atoms with E-state index in [1.807, 2.05) is 0 Å². The van der Waals surface area contributed by atoms with Gasteiger partial charge in [-0.1, -0.05) is 0 Å². The van der Waals surface area contributed by atoms with Gasteiger partial charge < -0.3 is 4.90 Å². The minimum Gasteiger partial charge on any atom is -0.340 e. The summed E-state index contributed by atoms with van der Waals surface area (Å²) in [6.45, 7) is -0.742. The first-order valence-electron chi connectivity index (χ1n) is 6.85. The Labute approximate surface area is 143 Å². The molecule has 1 atom stereocenters. The van der Waals surface area contributed by atoms with Crippen molar-refractivity contribution in [2.45, 2.75) is 31.0 Å². The molecular formula is C12H20Cl2F5N3O. The molecule has 0 aliphatic carbocycles. The molecule has 0 saturated carbocycles. The van der Waals surface area contributed by atoms with E-state index in [0.717, 1.165) is 0 Å². The third-order valence-corrected chi connectivity index (χ3v) is 3.71. The largest absolute Gasteiger partial charge is 0.401 e. The highest BCUT2D eigenvalue weighted by Gasteiger charge is 2.43. The lowest BCUT2D eigenvalue weighted by molar-refractivity contribution is -0.145. The minimum atomic E-state index is -4.27. The van der Waals surface area contributed by atoms with Crippen molar-refractivity contribution in [3.8, 4) is 0 Å². The maximum absolute atomic E-state index is 13.1. The molecule has 23 heavy (non-hydrogen) atoms. The second kappa shape index (κ2) is 8.64. The summed E-state index contributed by atoms with van der Waals surface area (Å²) in [6, 6.07) is -0.936. The smallest absolute Gasteiger partial charge is 0.340 e. The zero-order chi connectivity index (χ0) is 15.7. The number of rotatable bonds is 2. The normalized spacial score (nSPS) is 25.3. The topological polar surface area (TPSA) is 35.6 Å². The molecule has 4 nitrogen and oxygen atoms in total. The van der Waals surface area contributed by atoms with Crippen LogP contribution in [0.25, 0.3) is 0 Å². The van der Waals surface area contributed by atoms with Gasteiger partial charge in [-0.25, -0.2) is 8.78 Å². The molecule has 0 aromatic heterocycles. The molecule has 0 bridgehead atoms. The number of halogens is 7. The molecule has 0 aromatic rings. The Hall–Kier alpha value is -0.380. The summed E-state index contributed by atoms with van der Waals surface area (Å²) in [7, 11) is 0. The minimum absolute atomic E-state index is 0. The van der Waals surface area contributed by atoms with Crippen molar-refractivity contribution < 1.29 is 26.7 Å². The average molecular weight is 388 g/mol. The monoisotopic (exact) mass is 387 g/mol. The van der Waals surface area contributed by atoms with Crippen LogP contribution in [0.3, 0.4) is 0 Å². The highest BCUT2D eigenvalue weighted by Crippen LogP contribution is 2.26. The summed E-state index contributed by atoms with van der Waals surface area (Å²) in [5, 5.41) is 2.48. The number of carbonyl (C=O) groups excluding carboxylic acids is 1. The van der Waals surface area contributed by atoms with Gasteiger partial charge in [0.25, 0.3) is 5.92 Å². The zero-order valence-electron chi connectivity index (χ0n) is 12.2. The van der Waals surface area contributed by atoms with Crippen LogP contribution in [-0.4, -0.2) is 73.1 Å². The van der Waals surface area contributed by atoms with Crippen molar-refractivity contribution in [2.75, 3.05) is 39.3 Å². The maximum atomic E-state index is 13.1. The van der Waals surface area contributed by atoms with Gasteiger partial charge in [0.05, 0.1) is 19.1 Å². The lowest BCUT2D eigenvalue weighted by atomic mass is 10.1. The number of nitrogens with zero attached hydrogens (tertiary/aromatic N) is 2. The molecule has 11 heteroatoms. The fraction of sp³-hybridized carbons (Fsp3) is 0.917. The van der Waals surface area contributed by atoms with Gasteiger partial charge in [-0.15, -0.1) is 24.8 Å². The molecule has 2 fully saturated rings. The number of alkyl halides is 5. The molecule has 2 aliphatic rings. The van der Waals surface area contributed by atoms with E-state index in [-0.39, 0.29) is 44.4 Å². The number of hydrogen-bond acceptors (Lipinski definition) is 3. The molecule has 0 aromatic carbocycles. The molecular weight excluding hydrogens is 368 g/mol. The van der Waals surface area contributed by atoms with Crippen molar-refractivity contribution in [2.24, 2.45) is 0 Å². The van der Waals surface area contributed by atoms with Gasteiger partial charge in [0, 0.05) is 32.6 Å². The Bertz CT molecular complexity index is 397. The van der Waals surface area contributed by atoms with Crippen LogP contribution in [0.2, 0.25) is 0 Å². The highest BCUT2D eigenvalue weighted by atomic mass is 35.5. The lowest BCUT2D eigenvalue weighted by Crippen LogP contribution is -2.45. The van der Waals surface area contributed by atoms with Gasteiger partial charge in [0.2, 0.25) is 5.91 Å². The van der Waals surface area contributed by atoms with Crippen LogP contribution in [0, 0.1) is 0 Å². The van der Waals surface area contributed by atoms with Crippen molar-refractivity contribution in [3.05, 3.63) is 0 Å². The number of nitrogens with one attached hydrogen (secondary N) is 1. The molecule has 138 valence electrons. The second-order valence-corrected chi connectivity index (χ2v) is 5.56. The van der Waals surface area contributed by atoms with Crippen LogP contribution < -0.4 is 5.32 Å². The zero-order valence-corrected chi connectivity index (χ0v) is 13.9. The van der Waals surface area contributed by atoms with E-state index in [0.29, 0.717) is 13.0 Å². The van der Waals surface area contributed by atoms with Gasteiger partial charge in [-0.05, 0) is 6.42 Å². The first-order chi connectivity index (χ1) is 9.66. The van der Waals surface area contributed by atoms with Gasteiger partial charge in [0.1, 0.15) is 0 Å². The van der Waals surface area contributed by atoms with Gasteiger partial charge in [-0.2, -0.15) is 13.2 Å². The van der Waals surface area contributed by atoms with E-state index < -0.39 is 43.6 Å². The Balaban J connectivity index is 0.00000242. The van der Waals surface area contributed by atoms with Crippen LogP contribution in [0.4, 0.5) is 22.0 Å². The summed E-state index contributed by atoms with van der Waals surface area (Å²) in [5.41, 5.74) is 0. The Kier molecular flexibility index (Phi) is 8.50. The summed E-state index contributed by atoms with van der Waals surface area (Å²) >= 11 is 0. The van der Waals surface area contributed by atoms with E-state index in [4.69, 9.17) is 0 Å². The van der Waals surface area contributed by atoms with E-state index in [1.165, 1.54) is 9.80 Å². The predicted molar refractivity (Wildman–Crippen MR) is 79.5 cm³/mol. The second-order valence-electron chi connectivity index (χ2n) is 5.56. The van der Waals surface area contributed by atoms with Crippen LogP contribution in [0.5, 0.6) is 0 Å². The van der Waals surface area contributed by atoms with E-state index >= 15 is 0 Å². The van der Waals surface area contributed by atoms with Crippen LogP contribution in [0.1, 0.15) is 12.8 Å². The quantitative estimate of drug-likeness (QED) is 0.735. The predicted octanol–water partition coefficient (Wildman–Crippen LogP) is 1.92. The van der Waals surface area contributed by atoms with Crippen LogP contribution in [-0.2, 0) is 4.79 Å². The maximum Gasteiger partial charge on any atom is 0.401 e. The summed E-state index contributed by atoms with van der Waals surface area (Å²) in [6.07, 6.45) is -4.41. The summed E-state index contributed by atoms with van der Waals surface area (Å²) < 4.78 is 63.2. The summed E-state index contributed by atoms with van der Waals surface area (Å²) in [5.74, 6) is -3.34. The first-order valence-corrected chi connectivity index (χ1v) is 6.85. The number of amides is 1. The number of carbonyl (C=O) groups is 1.